The van der Waals surface area contributed by atoms with Gasteiger partial charge in [0.25, 0.3) is 0 Å². The molecule has 0 spiro atoms. The number of alkyl halides is 1. The van der Waals surface area contributed by atoms with Gasteiger partial charge in [-0.15, -0.1) is 0 Å². The summed E-state index contributed by atoms with van der Waals surface area (Å²) in [6.07, 6.45) is 8.76. The summed E-state index contributed by atoms with van der Waals surface area (Å²) in [7, 11) is 0. The summed E-state index contributed by atoms with van der Waals surface area (Å²) in [5.41, 5.74) is 6.37. The Morgan fingerprint density at radius 3 is 1.97 bits per heavy atom. The first kappa shape index (κ1) is 20.5. The smallest absolute Gasteiger partial charge is 0.0179 e. The lowest BCUT2D eigenvalue weighted by molar-refractivity contribution is 0.0283. The Labute approximate surface area is 197 Å². The van der Waals surface area contributed by atoms with Crippen molar-refractivity contribution in [2.75, 3.05) is 0 Å². The Hall–Kier alpha value is -1.08. The molecule has 7 unspecified atom stereocenters. The zero-order valence-electron chi connectivity index (χ0n) is 19.4. The number of hydrogen-bond acceptors (Lipinski definition) is 0. The Morgan fingerprint density at radius 1 is 0.742 bits per heavy atom. The van der Waals surface area contributed by atoms with Crippen molar-refractivity contribution in [2.24, 2.45) is 40.9 Å². The van der Waals surface area contributed by atoms with Gasteiger partial charge in [0.15, 0.2) is 0 Å². The summed E-state index contributed by atoms with van der Waals surface area (Å²) in [4.78, 5) is 0.741. The molecule has 3 saturated carbocycles. The van der Waals surface area contributed by atoms with Crippen LogP contribution >= 0.6 is 15.9 Å². The first-order valence-corrected chi connectivity index (χ1v) is 13.7. The Kier molecular flexibility index (Phi) is 4.95. The van der Waals surface area contributed by atoms with E-state index in [0.717, 1.165) is 40.3 Å². The van der Waals surface area contributed by atoms with E-state index in [4.69, 9.17) is 0 Å². The summed E-state index contributed by atoms with van der Waals surface area (Å²) in [6.45, 7) is 7.84. The highest BCUT2D eigenvalue weighted by Gasteiger charge is 2.57. The third-order valence-electron chi connectivity index (χ3n) is 10.1. The van der Waals surface area contributed by atoms with Crippen molar-refractivity contribution in [1.29, 1.82) is 0 Å². The van der Waals surface area contributed by atoms with E-state index in [9.17, 15) is 0 Å². The van der Waals surface area contributed by atoms with Crippen LogP contribution in [0.15, 0.2) is 48.5 Å². The highest BCUT2D eigenvalue weighted by molar-refractivity contribution is 9.09. The normalized spacial score (nSPS) is 37.1. The van der Waals surface area contributed by atoms with Crippen LogP contribution in [0.5, 0.6) is 0 Å². The number of hydrogen-bond donors (Lipinski definition) is 0. The van der Waals surface area contributed by atoms with E-state index in [2.05, 4.69) is 85.2 Å². The van der Waals surface area contributed by atoms with E-state index >= 15 is 0 Å². The first-order valence-electron chi connectivity index (χ1n) is 12.8. The summed E-state index contributed by atoms with van der Waals surface area (Å²) in [6, 6.07) is 18.5. The summed E-state index contributed by atoms with van der Waals surface area (Å²) in [5, 5.41) is 0. The van der Waals surface area contributed by atoms with Crippen molar-refractivity contribution >= 4 is 15.9 Å². The van der Waals surface area contributed by atoms with E-state index in [1.165, 1.54) is 49.7 Å². The van der Waals surface area contributed by atoms with Gasteiger partial charge < -0.3 is 0 Å². The van der Waals surface area contributed by atoms with Crippen LogP contribution in [0.2, 0.25) is 0 Å². The number of benzene rings is 2. The molecule has 2 aromatic rings. The largest absolute Gasteiger partial charge is 0.0887 e. The Bertz CT molecular complexity index is 928. The van der Waals surface area contributed by atoms with Crippen LogP contribution in [-0.2, 0) is 0 Å². The molecule has 4 aliphatic carbocycles. The zero-order valence-corrected chi connectivity index (χ0v) is 20.9. The van der Waals surface area contributed by atoms with Crippen LogP contribution in [-0.4, -0.2) is 4.83 Å². The molecule has 2 aromatic carbocycles. The molecule has 0 saturated heterocycles. The van der Waals surface area contributed by atoms with Gasteiger partial charge in [0.05, 0.1) is 0 Å². The molecule has 6 rings (SSSR count). The zero-order chi connectivity index (χ0) is 21.3. The van der Waals surface area contributed by atoms with E-state index in [1.54, 1.807) is 11.1 Å². The second-order valence-corrected chi connectivity index (χ2v) is 13.0. The molecule has 0 bridgehead atoms. The van der Waals surface area contributed by atoms with E-state index in [0.29, 0.717) is 5.92 Å². The number of halogens is 1. The molecule has 0 nitrogen and oxygen atoms in total. The maximum atomic E-state index is 4.22. The van der Waals surface area contributed by atoms with Crippen molar-refractivity contribution < 1.29 is 0 Å². The summed E-state index contributed by atoms with van der Waals surface area (Å²) >= 11 is 4.22. The third-order valence-corrected chi connectivity index (χ3v) is 11.1. The summed E-state index contributed by atoms with van der Waals surface area (Å²) in [5.74, 6) is 5.90. The molecule has 0 heterocycles. The lowest BCUT2D eigenvalue weighted by Gasteiger charge is -2.50. The first-order chi connectivity index (χ1) is 15.0. The second kappa shape index (κ2) is 7.47. The van der Waals surface area contributed by atoms with Crippen LogP contribution in [0, 0.1) is 40.9 Å². The van der Waals surface area contributed by atoms with Crippen LogP contribution < -0.4 is 0 Å². The van der Waals surface area contributed by atoms with Gasteiger partial charge in [-0.05, 0) is 88.9 Å². The van der Waals surface area contributed by atoms with E-state index in [1.807, 2.05) is 0 Å². The maximum absolute atomic E-state index is 4.22. The molecule has 0 N–H and O–H groups in total. The van der Waals surface area contributed by atoms with Gasteiger partial charge in [0.1, 0.15) is 0 Å². The third kappa shape index (κ3) is 2.98. The fourth-order valence-corrected chi connectivity index (χ4v) is 10.4. The predicted molar refractivity (Wildman–Crippen MR) is 135 cm³/mol. The SMILES string of the molecule is CC1CC2C3CCCCC3C(Br)CC2C1C(C)(C)C1c2ccccc2-c2ccccc21. The van der Waals surface area contributed by atoms with Gasteiger partial charge in [0.2, 0.25) is 0 Å². The van der Waals surface area contributed by atoms with Crippen LogP contribution in [0.3, 0.4) is 0 Å². The minimum atomic E-state index is 0.260. The average Bonchev–Trinajstić information content (AvgIpc) is 3.29. The van der Waals surface area contributed by atoms with Crippen LogP contribution in [0.4, 0.5) is 0 Å². The van der Waals surface area contributed by atoms with Gasteiger partial charge in [-0.2, -0.15) is 0 Å². The molecule has 7 atom stereocenters. The topological polar surface area (TPSA) is 0 Å². The molecule has 1 heteroatoms. The molecule has 0 aromatic heterocycles. The molecule has 0 radical (unpaired) electrons. The standard InChI is InChI=1S/C30H37Br/c1-18-16-25-21-12-4-7-13-22(21)27(31)17-26(25)28(18)30(2,3)29-23-14-8-5-10-19(23)20-11-6-9-15-24(20)29/h5-6,8-11,14-15,18,21-22,25-29H,4,7,12-13,16-17H2,1-3H3. The number of rotatable bonds is 2. The van der Waals surface area contributed by atoms with Crippen molar-refractivity contribution in [3.63, 3.8) is 0 Å². The Balaban J connectivity index is 1.41. The van der Waals surface area contributed by atoms with Gasteiger partial charge in [0, 0.05) is 10.7 Å². The fraction of sp³-hybridized carbons (Fsp3) is 0.600. The summed E-state index contributed by atoms with van der Waals surface area (Å²) < 4.78 is 0. The van der Waals surface area contributed by atoms with Crippen molar-refractivity contribution in [2.45, 2.75) is 70.0 Å². The lowest BCUT2D eigenvalue weighted by Crippen LogP contribution is -2.45. The molecule has 0 aliphatic heterocycles. The van der Waals surface area contributed by atoms with Crippen molar-refractivity contribution in [3.05, 3.63) is 59.7 Å². The highest BCUT2D eigenvalue weighted by atomic mass is 79.9. The van der Waals surface area contributed by atoms with Gasteiger partial charge in [-0.3, -0.25) is 0 Å². The molecule has 164 valence electrons. The van der Waals surface area contributed by atoms with Crippen molar-refractivity contribution in [3.8, 4) is 11.1 Å². The monoisotopic (exact) mass is 476 g/mol. The molecular weight excluding hydrogens is 440 g/mol. The average molecular weight is 478 g/mol. The van der Waals surface area contributed by atoms with Gasteiger partial charge in [-0.25, -0.2) is 0 Å². The highest BCUT2D eigenvalue weighted by Crippen LogP contribution is 2.65. The lowest BCUT2D eigenvalue weighted by atomic mass is 9.56. The molecule has 3 fully saturated rings. The minimum absolute atomic E-state index is 0.260. The van der Waals surface area contributed by atoms with Crippen LogP contribution in [0.1, 0.15) is 76.3 Å². The van der Waals surface area contributed by atoms with Crippen LogP contribution in [0.25, 0.3) is 11.1 Å². The fourth-order valence-electron chi connectivity index (χ4n) is 9.29. The van der Waals surface area contributed by atoms with E-state index in [-0.39, 0.29) is 5.41 Å². The number of fused-ring (bicyclic) bond motifs is 6. The predicted octanol–water partition coefficient (Wildman–Crippen LogP) is 8.69. The quantitative estimate of drug-likeness (QED) is 0.380. The van der Waals surface area contributed by atoms with E-state index < -0.39 is 0 Å². The molecule has 0 amide bonds. The molecule has 4 aliphatic rings. The van der Waals surface area contributed by atoms with Crippen molar-refractivity contribution in [1.82, 2.24) is 0 Å². The van der Waals surface area contributed by atoms with Gasteiger partial charge in [-0.1, -0.05) is 98.1 Å². The minimum Gasteiger partial charge on any atom is -0.0887 e. The molecular formula is C30H37Br. The Morgan fingerprint density at radius 2 is 1.32 bits per heavy atom. The maximum Gasteiger partial charge on any atom is 0.0179 e. The molecule has 31 heavy (non-hydrogen) atoms. The van der Waals surface area contributed by atoms with Gasteiger partial charge >= 0.3 is 0 Å². The second-order valence-electron chi connectivity index (χ2n) is 11.9.